The first-order valence-electron chi connectivity index (χ1n) is 6.70. The largest absolute Gasteiger partial charge is 0.300 e. The first kappa shape index (κ1) is 13.8. The third kappa shape index (κ3) is 2.14. The lowest BCUT2D eigenvalue weighted by molar-refractivity contribution is -0.114. The molecule has 1 heterocycles. The molecule has 4 heteroatoms. The predicted molar refractivity (Wildman–Crippen MR) is 82.9 cm³/mol. The minimum absolute atomic E-state index is 0.307. The summed E-state index contributed by atoms with van der Waals surface area (Å²) in [5, 5.41) is 0.594. The van der Waals surface area contributed by atoms with Crippen molar-refractivity contribution in [2.45, 2.75) is 20.4 Å². The van der Waals surface area contributed by atoms with E-state index in [1.54, 1.807) is 12.1 Å². The smallest absolute Gasteiger partial charge is 0.299 e. The van der Waals surface area contributed by atoms with Gasteiger partial charge < -0.3 is 4.90 Å². The highest BCUT2D eigenvalue weighted by Gasteiger charge is 2.37. The van der Waals surface area contributed by atoms with E-state index in [2.05, 4.69) is 0 Å². The van der Waals surface area contributed by atoms with Crippen molar-refractivity contribution in [2.24, 2.45) is 0 Å². The molecule has 0 atom stereocenters. The van der Waals surface area contributed by atoms with Crippen LogP contribution in [0.5, 0.6) is 0 Å². The molecule has 1 aliphatic rings. The zero-order valence-corrected chi connectivity index (χ0v) is 12.6. The molecule has 0 N–H and O–H groups in total. The Kier molecular flexibility index (Phi) is 3.30. The fourth-order valence-corrected chi connectivity index (χ4v) is 2.81. The number of nitrogens with zero attached hydrogens (tertiary/aromatic N) is 1. The number of rotatable bonds is 2. The molecular formula is C17H14ClNO2. The van der Waals surface area contributed by atoms with Crippen LogP contribution in [0, 0.1) is 13.8 Å². The van der Waals surface area contributed by atoms with Gasteiger partial charge in [0.1, 0.15) is 0 Å². The first-order chi connectivity index (χ1) is 10.0. The van der Waals surface area contributed by atoms with E-state index < -0.39 is 11.7 Å². The molecule has 3 nitrogen and oxygen atoms in total. The number of fused-ring (bicyclic) bond motifs is 1. The average Bonchev–Trinajstić information content (AvgIpc) is 2.71. The van der Waals surface area contributed by atoms with Gasteiger partial charge in [0, 0.05) is 5.02 Å². The maximum absolute atomic E-state index is 12.3. The van der Waals surface area contributed by atoms with Gasteiger partial charge in [0.25, 0.3) is 11.7 Å². The summed E-state index contributed by atoms with van der Waals surface area (Å²) >= 11 is 6.16. The van der Waals surface area contributed by atoms with Crippen LogP contribution in [0.3, 0.4) is 0 Å². The van der Waals surface area contributed by atoms with Gasteiger partial charge in [-0.15, -0.1) is 0 Å². The predicted octanol–water partition coefficient (Wildman–Crippen LogP) is 3.69. The highest BCUT2D eigenvalue weighted by Crippen LogP contribution is 2.35. The summed E-state index contributed by atoms with van der Waals surface area (Å²) in [7, 11) is 0. The number of benzene rings is 2. The summed E-state index contributed by atoms with van der Waals surface area (Å²) in [6, 6.07) is 11.0. The Morgan fingerprint density at radius 1 is 1.05 bits per heavy atom. The van der Waals surface area contributed by atoms with Crippen LogP contribution in [-0.2, 0) is 11.3 Å². The van der Waals surface area contributed by atoms with Crippen LogP contribution in [0.25, 0.3) is 0 Å². The summed E-state index contributed by atoms with van der Waals surface area (Å²) < 4.78 is 0. The normalized spacial score (nSPS) is 13.8. The summed E-state index contributed by atoms with van der Waals surface area (Å²) in [5.41, 5.74) is 4.04. The van der Waals surface area contributed by atoms with E-state index in [-0.39, 0.29) is 0 Å². The lowest BCUT2D eigenvalue weighted by Gasteiger charge is -2.20. The first-order valence-corrected chi connectivity index (χ1v) is 7.08. The van der Waals surface area contributed by atoms with E-state index in [0.717, 1.165) is 16.7 Å². The number of anilines is 1. The highest BCUT2D eigenvalue weighted by atomic mass is 35.5. The molecule has 0 radical (unpaired) electrons. The van der Waals surface area contributed by atoms with Crippen LogP contribution in [0.15, 0.2) is 36.4 Å². The van der Waals surface area contributed by atoms with Crippen molar-refractivity contribution >= 4 is 29.0 Å². The monoisotopic (exact) mass is 299 g/mol. The van der Waals surface area contributed by atoms with Crippen molar-refractivity contribution in [2.75, 3.05) is 4.90 Å². The number of ketones is 1. The molecule has 3 rings (SSSR count). The van der Waals surface area contributed by atoms with Gasteiger partial charge in [-0.3, -0.25) is 9.59 Å². The summed E-state index contributed by atoms with van der Waals surface area (Å²) in [6.45, 7) is 4.21. The second-order valence-corrected chi connectivity index (χ2v) is 5.62. The molecule has 0 fully saturated rings. The fourth-order valence-electron chi connectivity index (χ4n) is 2.62. The van der Waals surface area contributed by atoms with Crippen LogP contribution in [0.2, 0.25) is 5.02 Å². The minimum Gasteiger partial charge on any atom is -0.300 e. The number of amides is 1. The topological polar surface area (TPSA) is 37.4 Å². The van der Waals surface area contributed by atoms with Crippen molar-refractivity contribution in [1.29, 1.82) is 0 Å². The molecule has 21 heavy (non-hydrogen) atoms. The standard InChI is InChI=1S/C17H14ClNO2/c1-10-7-8-13-15(11(10)2)19(17(21)16(13)20)9-12-5-3-4-6-14(12)18/h3-8H,9H2,1-2H3. The van der Waals surface area contributed by atoms with Crippen molar-refractivity contribution in [3.8, 4) is 0 Å². The second kappa shape index (κ2) is 5.01. The second-order valence-electron chi connectivity index (χ2n) is 5.22. The van der Waals surface area contributed by atoms with Gasteiger partial charge >= 0.3 is 0 Å². The summed E-state index contributed by atoms with van der Waals surface area (Å²) in [5.74, 6) is -0.932. The Morgan fingerprint density at radius 2 is 1.76 bits per heavy atom. The Morgan fingerprint density at radius 3 is 2.48 bits per heavy atom. The summed E-state index contributed by atoms with van der Waals surface area (Å²) in [6.07, 6.45) is 0. The zero-order valence-electron chi connectivity index (χ0n) is 11.8. The van der Waals surface area contributed by atoms with Crippen LogP contribution in [-0.4, -0.2) is 11.7 Å². The van der Waals surface area contributed by atoms with Gasteiger partial charge in [-0.2, -0.15) is 0 Å². The van der Waals surface area contributed by atoms with E-state index in [9.17, 15) is 9.59 Å². The number of aryl methyl sites for hydroxylation is 1. The number of halogens is 1. The lowest BCUT2D eigenvalue weighted by Crippen LogP contribution is -2.29. The SMILES string of the molecule is Cc1ccc2c(c1C)N(Cc1ccccc1Cl)C(=O)C2=O. The van der Waals surface area contributed by atoms with E-state index in [1.807, 2.05) is 38.1 Å². The molecule has 0 spiro atoms. The van der Waals surface area contributed by atoms with Gasteiger partial charge in [-0.05, 0) is 42.7 Å². The fraction of sp³-hybridized carbons (Fsp3) is 0.176. The number of carbonyl (C=O) groups is 2. The molecule has 0 saturated heterocycles. The highest BCUT2D eigenvalue weighted by molar-refractivity contribution is 6.52. The maximum atomic E-state index is 12.3. The quantitative estimate of drug-likeness (QED) is 0.793. The molecule has 0 aromatic heterocycles. The lowest BCUT2D eigenvalue weighted by atomic mass is 10.0. The average molecular weight is 300 g/mol. The molecule has 106 valence electrons. The molecule has 0 unspecified atom stereocenters. The van der Waals surface area contributed by atoms with E-state index in [0.29, 0.717) is 22.8 Å². The maximum Gasteiger partial charge on any atom is 0.299 e. The zero-order chi connectivity index (χ0) is 15.1. The third-order valence-electron chi connectivity index (χ3n) is 3.94. The molecule has 0 saturated carbocycles. The van der Waals surface area contributed by atoms with Gasteiger partial charge in [0.15, 0.2) is 0 Å². The number of Topliss-reactive ketones (excluding diaryl/α,β-unsaturated/α-hetero) is 1. The third-order valence-corrected chi connectivity index (χ3v) is 4.31. The van der Waals surface area contributed by atoms with E-state index >= 15 is 0 Å². The van der Waals surface area contributed by atoms with E-state index in [1.165, 1.54) is 4.90 Å². The number of hydrogen-bond donors (Lipinski definition) is 0. The van der Waals surface area contributed by atoms with Crippen molar-refractivity contribution in [3.05, 3.63) is 63.7 Å². The van der Waals surface area contributed by atoms with Crippen LogP contribution >= 0.6 is 11.6 Å². The Bertz CT molecular complexity index is 767. The van der Waals surface area contributed by atoms with E-state index in [4.69, 9.17) is 11.6 Å². The molecule has 2 aromatic rings. The summed E-state index contributed by atoms with van der Waals surface area (Å²) in [4.78, 5) is 25.9. The number of hydrogen-bond acceptors (Lipinski definition) is 2. The van der Waals surface area contributed by atoms with Gasteiger partial charge in [0.2, 0.25) is 0 Å². The number of carbonyl (C=O) groups excluding carboxylic acids is 2. The van der Waals surface area contributed by atoms with Crippen molar-refractivity contribution in [3.63, 3.8) is 0 Å². The molecule has 0 bridgehead atoms. The van der Waals surface area contributed by atoms with Crippen molar-refractivity contribution in [1.82, 2.24) is 0 Å². The molecular weight excluding hydrogens is 286 g/mol. The van der Waals surface area contributed by atoms with Crippen LogP contribution < -0.4 is 4.90 Å². The van der Waals surface area contributed by atoms with Gasteiger partial charge in [-0.1, -0.05) is 35.9 Å². The molecule has 1 aliphatic heterocycles. The van der Waals surface area contributed by atoms with Crippen LogP contribution in [0.4, 0.5) is 5.69 Å². The Balaban J connectivity index is 2.09. The molecule has 2 aromatic carbocycles. The van der Waals surface area contributed by atoms with Crippen LogP contribution in [0.1, 0.15) is 27.0 Å². The van der Waals surface area contributed by atoms with Crippen molar-refractivity contribution < 1.29 is 9.59 Å². The minimum atomic E-state index is -0.487. The molecule has 1 amide bonds. The van der Waals surface area contributed by atoms with Gasteiger partial charge in [0.05, 0.1) is 17.8 Å². The Hall–Kier alpha value is -2.13. The molecule has 0 aliphatic carbocycles. The van der Waals surface area contributed by atoms with Gasteiger partial charge in [-0.25, -0.2) is 0 Å². The Labute approximate surface area is 128 Å².